The smallest absolute Gasteiger partial charge is 0.337 e. The highest BCUT2D eigenvalue weighted by molar-refractivity contribution is 5.89. The highest BCUT2D eigenvalue weighted by Gasteiger charge is 2.19. The van der Waals surface area contributed by atoms with Crippen molar-refractivity contribution in [2.75, 3.05) is 31.6 Å². The standard InChI is InChI=1S/C13H17FN2O2/c1-9-8-16(6-5-15-9)12-4-3-10(7-11(12)14)13(17)18-2/h3-4,7,9,15H,5-6,8H2,1-2H3/t9-/m0/s1. The van der Waals surface area contributed by atoms with E-state index in [0.29, 0.717) is 11.7 Å². The Morgan fingerprint density at radius 3 is 2.94 bits per heavy atom. The number of halogens is 1. The molecule has 1 atom stereocenters. The SMILES string of the molecule is COC(=O)c1ccc(N2CCN[C@@H](C)C2)c(F)c1. The molecule has 1 heterocycles. The van der Waals surface area contributed by atoms with Gasteiger partial charge in [-0.2, -0.15) is 0 Å². The molecule has 1 aromatic rings. The predicted molar refractivity (Wildman–Crippen MR) is 67.4 cm³/mol. The summed E-state index contributed by atoms with van der Waals surface area (Å²) in [5, 5.41) is 3.30. The Bertz CT molecular complexity index is 451. The van der Waals surface area contributed by atoms with Crippen molar-refractivity contribution in [2.45, 2.75) is 13.0 Å². The van der Waals surface area contributed by atoms with E-state index >= 15 is 0 Å². The maximum atomic E-state index is 14.0. The van der Waals surface area contributed by atoms with Crippen LogP contribution in [0.3, 0.4) is 0 Å². The number of anilines is 1. The summed E-state index contributed by atoms with van der Waals surface area (Å²) in [6, 6.07) is 4.79. The molecule has 0 aliphatic carbocycles. The van der Waals surface area contributed by atoms with Gasteiger partial charge in [-0.3, -0.25) is 0 Å². The van der Waals surface area contributed by atoms with Gasteiger partial charge < -0.3 is 15.0 Å². The maximum absolute atomic E-state index is 14.0. The molecule has 0 saturated carbocycles. The molecule has 0 amide bonds. The van der Waals surface area contributed by atoms with Gasteiger partial charge in [0.25, 0.3) is 0 Å². The number of hydrogen-bond donors (Lipinski definition) is 1. The van der Waals surface area contributed by atoms with E-state index in [2.05, 4.69) is 17.0 Å². The van der Waals surface area contributed by atoms with Crippen LogP contribution in [0, 0.1) is 5.82 Å². The van der Waals surface area contributed by atoms with Gasteiger partial charge in [-0.25, -0.2) is 9.18 Å². The second-order valence-electron chi connectivity index (χ2n) is 4.46. The van der Waals surface area contributed by atoms with E-state index in [4.69, 9.17) is 0 Å². The molecule has 1 aliphatic heterocycles. The van der Waals surface area contributed by atoms with Gasteiger partial charge in [-0.05, 0) is 25.1 Å². The third-order valence-electron chi connectivity index (χ3n) is 3.08. The molecular weight excluding hydrogens is 235 g/mol. The van der Waals surface area contributed by atoms with Crippen molar-refractivity contribution in [3.63, 3.8) is 0 Å². The number of ether oxygens (including phenoxy) is 1. The van der Waals surface area contributed by atoms with Crippen LogP contribution < -0.4 is 10.2 Å². The average molecular weight is 252 g/mol. The lowest BCUT2D eigenvalue weighted by atomic mass is 10.1. The first-order chi connectivity index (χ1) is 8.61. The summed E-state index contributed by atoms with van der Waals surface area (Å²) in [4.78, 5) is 13.3. The van der Waals surface area contributed by atoms with E-state index in [9.17, 15) is 9.18 Å². The maximum Gasteiger partial charge on any atom is 0.337 e. The summed E-state index contributed by atoms with van der Waals surface area (Å²) in [6.07, 6.45) is 0. The zero-order valence-corrected chi connectivity index (χ0v) is 10.6. The first-order valence-corrected chi connectivity index (χ1v) is 5.98. The summed E-state index contributed by atoms with van der Waals surface area (Å²) >= 11 is 0. The van der Waals surface area contributed by atoms with Crippen molar-refractivity contribution in [2.24, 2.45) is 0 Å². The lowest BCUT2D eigenvalue weighted by Gasteiger charge is -2.33. The van der Waals surface area contributed by atoms with Gasteiger partial charge in [0.15, 0.2) is 0 Å². The molecule has 1 N–H and O–H groups in total. The van der Waals surface area contributed by atoms with Gasteiger partial charge >= 0.3 is 5.97 Å². The molecule has 1 saturated heterocycles. The number of rotatable bonds is 2. The highest BCUT2D eigenvalue weighted by atomic mass is 19.1. The van der Waals surface area contributed by atoms with E-state index in [-0.39, 0.29) is 11.4 Å². The minimum absolute atomic E-state index is 0.238. The molecule has 0 spiro atoms. The summed E-state index contributed by atoms with van der Waals surface area (Å²) in [7, 11) is 1.28. The van der Waals surface area contributed by atoms with Gasteiger partial charge in [-0.1, -0.05) is 0 Å². The number of carbonyl (C=O) groups excluding carboxylic acids is 1. The van der Waals surface area contributed by atoms with Crippen LogP contribution in [0.1, 0.15) is 17.3 Å². The largest absolute Gasteiger partial charge is 0.465 e. The number of benzene rings is 1. The molecule has 18 heavy (non-hydrogen) atoms. The molecule has 4 nitrogen and oxygen atoms in total. The Balaban J connectivity index is 2.21. The van der Waals surface area contributed by atoms with Gasteiger partial charge in [0.05, 0.1) is 18.4 Å². The highest BCUT2D eigenvalue weighted by Crippen LogP contribution is 2.22. The van der Waals surface area contributed by atoms with Crippen LogP contribution in [0.2, 0.25) is 0 Å². The van der Waals surface area contributed by atoms with Crippen LogP contribution in [0.5, 0.6) is 0 Å². The topological polar surface area (TPSA) is 41.6 Å². The van der Waals surface area contributed by atoms with Crippen molar-refractivity contribution in [1.82, 2.24) is 5.32 Å². The minimum atomic E-state index is -0.519. The average Bonchev–Trinajstić information content (AvgIpc) is 2.37. The van der Waals surface area contributed by atoms with Crippen molar-refractivity contribution in [3.05, 3.63) is 29.6 Å². The first-order valence-electron chi connectivity index (χ1n) is 5.98. The Labute approximate surface area is 106 Å². The molecule has 5 heteroatoms. The third-order valence-corrected chi connectivity index (χ3v) is 3.08. The van der Waals surface area contributed by atoms with Crippen LogP contribution in [0.15, 0.2) is 18.2 Å². The second-order valence-corrected chi connectivity index (χ2v) is 4.46. The second kappa shape index (κ2) is 5.35. The number of piperazine rings is 1. The lowest BCUT2D eigenvalue weighted by Crippen LogP contribution is -2.49. The molecule has 1 aromatic carbocycles. The Morgan fingerprint density at radius 1 is 1.56 bits per heavy atom. The van der Waals surface area contributed by atoms with E-state index in [1.807, 2.05) is 4.90 Å². The summed E-state index contributed by atoms with van der Waals surface area (Å²) in [5.41, 5.74) is 0.776. The van der Waals surface area contributed by atoms with Crippen molar-refractivity contribution < 1.29 is 13.9 Å². The van der Waals surface area contributed by atoms with E-state index in [0.717, 1.165) is 19.6 Å². The zero-order chi connectivity index (χ0) is 13.1. The Hall–Kier alpha value is -1.62. The van der Waals surface area contributed by atoms with Crippen LogP contribution >= 0.6 is 0 Å². The van der Waals surface area contributed by atoms with E-state index < -0.39 is 5.97 Å². The summed E-state index contributed by atoms with van der Waals surface area (Å²) in [6.45, 7) is 4.42. The fraction of sp³-hybridized carbons (Fsp3) is 0.462. The molecule has 1 aliphatic rings. The Morgan fingerprint density at radius 2 is 2.33 bits per heavy atom. The number of nitrogens with one attached hydrogen (secondary N) is 1. The first kappa shape index (κ1) is 12.8. The van der Waals surface area contributed by atoms with Crippen LogP contribution in [-0.2, 0) is 4.74 Å². The predicted octanol–water partition coefficient (Wildman–Crippen LogP) is 1.41. The number of carbonyl (C=O) groups is 1. The fourth-order valence-corrected chi connectivity index (χ4v) is 2.16. The number of nitrogens with zero attached hydrogens (tertiary/aromatic N) is 1. The van der Waals surface area contributed by atoms with Gasteiger partial charge in [0.2, 0.25) is 0 Å². The molecular formula is C13H17FN2O2. The Kier molecular flexibility index (Phi) is 3.81. The monoisotopic (exact) mass is 252 g/mol. The third kappa shape index (κ3) is 2.61. The zero-order valence-electron chi connectivity index (χ0n) is 10.6. The van der Waals surface area contributed by atoms with Crippen molar-refractivity contribution in [1.29, 1.82) is 0 Å². The number of hydrogen-bond acceptors (Lipinski definition) is 4. The van der Waals surface area contributed by atoms with Crippen LogP contribution in [-0.4, -0.2) is 38.8 Å². The van der Waals surface area contributed by atoms with Gasteiger partial charge in [0.1, 0.15) is 5.82 Å². The molecule has 0 unspecified atom stereocenters. The number of esters is 1. The van der Waals surface area contributed by atoms with Crippen molar-refractivity contribution >= 4 is 11.7 Å². The van der Waals surface area contributed by atoms with Crippen LogP contribution in [0.25, 0.3) is 0 Å². The van der Waals surface area contributed by atoms with Gasteiger partial charge in [-0.15, -0.1) is 0 Å². The lowest BCUT2D eigenvalue weighted by molar-refractivity contribution is 0.0600. The quantitative estimate of drug-likeness (QED) is 0.808. The van der Waals surface area contributed by atoms with E-state index in [1.54, 1.807) is 12.1 Å². The van der Waals surface area contributed by atoms with E-state index in [1.165, 1.54) is 13.2 Å². The fourth-order valence-electron chi connectivity index (χ4n) is 2.16. The minimum Gasteiger partial charge on any atom is -0.465 e. The molecule has 98 valence electrons. The number of methoxy groups -OCH3 is 1. The molecule has 0 bridgehead atoms. The normalized spacial score (nSPS) is 19.7. The molecule has 2 rings (SSSR count). The summed E-state index contributed by atoms with van der Waals surface area (Å²) in [5.74, 6) is -0.902. The molecule has 0 aromatic heterocycles. The summed E-state index contributed by atoms with van der Waals surface area (Å²) < 4.78 is 18.6. The van der Waals surface area contributed by atoms with Crippen molar-refractivity contribution in [3.8, 4) is 0 Å². The van der Waals surface area contributed by atoms with Crippen LogP contribution in [0.4, 0.5) is 10.1 Å². The molecule has 1 fully saturated rings. The molecule has 0 radical (unpaired) electrons. The van der Waals surface area contributed by atoms with Gasteiger partial charge in [0, 0.05) is 25.7 Å².